The lowest BCUT2D eigenvalue weighted by atomic mass is 9.91. The minimum Gasteiger partial charge on any atom is -0.506 e. The molecule has 2 aromatic rings. The molecule has 1 N–H and O–H groups in total. The van der Waals surface area contributed by atoms with Gasteiger partial charge in [-0.15, -0.1) is 0 Å². The molecule has 8 nitrogen and oxygen atoms in total. The standard InChI is InChI=1S/C28H26Cl2O8/c1-16-10-26-27(37-9-7-35-5-3-33-2-4-34-6-8-36-26)13-17(16)28-18-11-20(29)22(31)14-24(18)38-25-15-23(32)21(30)12-19(25)28/h10-15,31H,2-9H2,1H3. The summed E-state index contributed by atoms with van der Waals surface area (Å²) in [5.41, 5.74) is 2.99. The predicted octanol–water partition coefficient (Wildman–Crippen LogP) is 5.71. The number of hydrogen-bond donors (Lipinski definition) is 1. The van der Waals surface area contributed by atoms with Crippen LogP contribution in [0.2, 0.25) is 10.0 Å². The highest BCUT2D eigenvalue weighted by molar-refractivity contribution is 6.33. The molecule has 0 atom stereocenters. The van der Waals surface area contributed by atoms with Crippen LogP contribution in [0.1, 0.15) is 5.56 Å². The monoisotopic (exact) mass is 560 g/mol. The van der Waals surface area contributed by atoms with E-state index in [1.165, 1.54) is 12.1 Å². The molecule has 0 saturated carbocycles. The van der Waals surface area contributed by atoms with Gasteiger partial charge in [-0.2, -0.15) is 0 Å². The Labute approximate surface area is 228 Å². The zero-order valence-corrected chi connectivity index (χ0v) is 22.2. The van der Waals surface area contributed by atoms with Gasteiger partial charge in [0, 0.05) is 28.6 Å². The summed E-state index contributed by atoms with van der Waals surface area (Å²) in [4.78, 5) is 12.3. The van der Waals surface area contributed by atoms with Crippen molar-refractivity contribution in [1.82, 2.24) is 0 Å². The quantitative estimate of drug-likeness (QED) is 0.296. The number of aryl methyl sites for hydroxylation is 1. The summed E-state index contributed by atoms with van der Waals surface area (Å²) in [7, 11) is 0. The lowest BCUT2D eigenvalue weighted by molar-refractivity contribution is 0.00708. The van der Waals surface area contributed by atoms with Crippen LogP contribution >= 0.6 is 23.2 Å². The molecule has 10 heteroatoms. The van der Waals surface area contributed by atoms with E-state index in [9.17, 15) is 9.90 Å². The molecule has 0 radical (unpaired) electrons. The topological polar surface area (TPSA) is 96.6 Å². The molecule has 0 unspecified atom stereocenters. The van der Waals surface area contributed by atoms with Crippen molar-refractivity contribution in [2.45, 2.75) is 6.92 Å². The Morgan fingerprint density at radius 3 is 1.97 bits per heavy atom. The minimum absolute atomic E-state index is 0.0609. The molecule has 2 aliphatic heterocycles. The van der Waals surface area contributed by atoms with Crippen molar-refractivity contribution < 1.29 is 33.2 Å². The Hall–Kier alpha value is -3.01. The van der Waals surface area contributed by atoms with Crippen LogP contribution in [-0.4, -0.2) is 58.0 Å². The lowest BCUT2D eigenvalue weighted by Crippen LogP contribution is -2.13. The summed E-state index contributed by atoms with van der Waals surface area (Å²) in [5, 5.41) is 11.1. The van der Waals surface area contributed by atoms with Crippen molar-refractivity contribution in [3.8, 4) is 39.7 Å². The van der Waals surface area contributed by atoms with Crippen molar-refractivity contribution in [3.63, 3.8) is 0 Å². The molecular formula is C28H26Cl2O8. The maximum absolute atomic E-state index is 12.3. The summed E-state index contributed by atoms with van der Waals surface area (Å²) >= 11 is 12.6. The smallest absolute Gasteiger partial charge is 0.200 e. The normalized spacial score (nSPS) is 15.8. The van der Waals surface area contributed by atoms with E-state index in [2.05, 4.69) is 0 Å². The van der Waals surface area contributed by atoms with Crippen molar-refractivity contribution in [2.24, 2.45) is 0 Å². The average molecular weight is 561 g/mol. The molecule has 0 aromatic heterocycles. The first kappa shape index (κ1) is 26.6. The summed E-state index contributed by atoms with van der Waals surface area (Å²) in [6.07, 6.45) is 0. The van der Waals surface area contributed by atoms with Gasteiger partial charge in [0.25, 0.3) is 0 Å². The van der Waals surface area contributed by atoms with Crippen molar-refractivity contribution in [2.75, 3.05) is 52.9 Å². The number of aromatic hydroxyl groups is 1. The van der Waals surface area contributed by atoms with Gasteiger partial charge < -0.3 is 33.2 Å². The molecule has 0 fully saturated rings. The summed E-state index contributed by atoms with van der Waals surface area (Å²) in [5.74, 6) is 1.26. The van der Waals surface area contributed by atoms with Crippen molar-refractivity contribution in [1.29, 1.82) is 0 Å². The number of fused-ring (bicyclic) bond motifs is 3. The van der Waals surface area contributed by atoms with E-state index in [-0.39, 0.29) is 21.2 Å². The number of rotatable bonds is 1. The van der Waals surface area contributed by atoms with Crippen LogP contribution in [0, 0.1) is 6.92 Å². The average Bonchev–Trinajstić information content (AvgIpc) is 2.89. The van der Waals surface area contributed by atoms with Gasteiger partial charge in [-0.1, -0.05) is 23.2 Å². The fourth-order valence-electron chi connectivity index (χ4n) is 4.31. The van der Waals surface area contributed by atoms with Crippen LogP contribution in [0.5, 0.6) is 17.2 Å². The van der Waals surface area contributed by atoms with E-state index in [0.29, 0.717) is 86.6 Å². The van der Waals surface area contributed by atoms with Crippen LogP contribution in [0.15, 0.2) is 45.6 Å². The highest BCUT2D eigenvalue weighted by atomic mass is 35.5. The van der Waals surface area contributed by atoms with E-state index < -0.39 is 0 Å². The second-order valence-electron chi connectivity index (χ2n) is 8.70. The molecule has 0 saturated heterocycles. The summed E-state index contributed by atoms with van der Waals surface area (Å²) < 4.78 is 34.7. The Morgan fingerprint density at radius 1 is 0.711 bits per heavy atom. The maximum atomic E-state index is 12.3. The van der Waals surface area contributed by atoms with Gasteiger partial charge >= 0.3 is 0 Å². The van der Waals surface area contributed by atoms with E-state index in [4.69, 9.17) is 51.3 Å². The third-order valence-corrected chi connectivity index (χ3v) is 6.71. The number of hydrogen-bond acceptors (Lipinski definition) is 8. The summed E-state index contributed by atoms with van der Waals surface area (Å²) in [6.45, 7) is 5.23. The minimum atomic E-state index is -0.368. The SMILES string of the molecule is Cc1cc2c(cc1-c1c3cc(Cl)c(=O)cc-3oc3cc(O)c(Cl)cc13)OCCOCCOCCOCCO2. The molecule has 0 bridgehead atoms. The number of benzene rings is 3. The molecule has 200 valence electrons. The molecule has 2 heterocycles. The lowest BCUT2D eigenvalue weighted by Gasteiger charge is -2.20. The van der Waals surface area contributed by atoms with Crippen LogP contribution in [-0.2, 0) is 14.2 Å². The molecule has 38 heavy (non-hydrogen) atoms. The first-order valence-corrected chi connectivity index (χ1v) is 12.9. The molecule has 0 amide bonds. The van der Waals surface area contributed by atoms with Crippen molar-refractivity contribution in [3.05, 3.63) is 62.2 Å². The maximum Gasteiger partial charge on any atom is 0.200 e. The predicted molar refractivity (Wildman–Crippen MR) is 144 cm³/mol. The van der Waals surface area contributed by atoms with E-state index in [1.807, 2.05) is 19.1 Å². The molecule has 5 rings (SSSR count). The number of phenolic OH excluding ortho intramolecular Hbond substituents is 1. The molecular weight excluding hydrogens is 535 g/mol. The fraction of sp³-hybridized carbons (Fsp3) is 0.321. The van der Waals surface area contributed by atoms with Crippen LogP contribution in [0.3, 0.4) is 0 Å². The Balaban J connectivity index is 1.66. The Bertz CT molecular complexity index is 1480. The van der Waals surface area contributed by atoms with Gasteiger partial charge in [0.15, 0.2) is 11.5 Å². The zero-order valence-electron chi connectivity index (χ0n) is 20.7. The first-order chi connectivity index (χ1) is 18.4. The Kier molecular flexibility index (Phi) is 8.26. The molecule has 3 aliphatic rings. The molecule has 2 aromatic carbocycles. The third kappa shape index (κ3) is 5.70. The second-order valence-corrected chi connectivity index (χ2v) is 9.52. The zero-order chi connectivity index (χ0) is 26.6. The highest BCUT2D eigenvalue weighted by Crippen LogP contribution is 2.46. The molecule has 1 aliphatic carbocycles. The van der Waals surface area contributed by atoms with Crippen LogP contribution < -0.4 is 14.9 Å². The van der Waals surface area contributed by atoms with Gasteiger partial charge in [0.05, 0.1) is 49.7 Å². The van der Waals surface area contributed by atoms with Crippen molar-refractivity contribution >= 4 is 34.2 Å². The molecule has 0 spiro atoms. The number of halogens is 2. The highest BCUT2D eigenvalue weighted by Gasteiger charge is 2.23. The van der Waals surface area contributed by atoms with Gasteiger partial charge in [-0.3, -0.25) is 4.79 Å². The number of ether oxygens (including phenoxy) is 5. The largest absolute Gasteiger partial charge is 0.506 e. The number of phenols is 1. The van der Waals surface area contributed by atoms with E-state index in [1.54, 1.807) is 12.1 Å². The Morgan fingerprint density at radius 2 is 1.32 bits per heavy atom. The second kappa shape index (κ2) is 11.8. The van der Waals surface area contributed by atoms with E-state index >= 15 is 0 Å². The van der Waals surface area contributed by atoms with Gasteiger partial charge in [0.1, 0.15) is 30.3 Å². The van der Waals surface area contributed by atoms with Gasteiger partial charge in [-0.05, 0) is 42.3 Å². The fourth-order valence-corrected chi connectivity index (χ4v) is 4.64. The van der Waals surface area contributed by atoms with Crippen LogP contribution in [0.4, 0.5) is 0 Å². The van der Waals surface area contributed by atoms with Gasteiger partial charge in [0.2, 0.25) is 5.43 Å². The first-order valence-electron chi connectivity index (χ1n) is 12.1. The van der Waals surface area contributed by atoms with Gasteiger partial charge in [-0.25, -0.2) is 0 Å². The third-order valence-electron chi connectivity index (χ3n) is 6.12. The summed E-state index contributed by atoms with van der Waals surface area (Å²) in [6, 6.07) is 9.74. The van der Waals surface area contributed by atoms with Crippen LogP contribution in [0.25, 0.3) is 33.4 Å². The van der Waals surface area contributed by atoms with E-state index in [0.717, 1.165) is 16.7 Å².